The van der Waals surface area contributed by atoms with Gasteiger partial charge < -0.3 is 29.7 Å². The molecule has 10 nitrogen and oxygen atoms in total. The Morgan fingerprint density at radius 2 is 1.96 bits per heavy atom. The molecule has 3 rings (SSSR count). The first kappa shape index (κ1) is 17.3. The summed E-state index contributed by atoms with van der Waals surface area (Å²) in [4.78, 5) is 14.6. The molecule has 0 radical (unpaired) electrons. The second-order valence-electron chi connectivity index (χ2n) is 5.69. The Morgan fingerprint density at radius 3 is 2.64 bits per heavy atom. The summed E-state index contributed by atoms with van der Waals surface area (Å²) in [6, 6.07) is 5.02. The van der Waals surface area contributed by atoms with E-state index in [4.69, 9.17) is 4.74 Å². The lowest BCUT2D eigenvalue weighted by atomic mass is 9.96. The van der Waals surface area contributed by atoms with Gasteiger partial charge in [0.25, 0.3) is 0 Å². The van der Waals surface area contributed by atoms with E-state index in [1.165, 1.54) is 29.0 Å². The molecule has 0 saturated carbocycles. The fraction of sp³-hybridized carbons (Fsp3) is 0.400. The number of aromatic nitrogens is 2. The van der Waals surface area contributed by atoms with E-state index >= 15 is 0 Å². The lowest BCUT2D eigenvalue weighted by Gasteiger charge is -2.35. The van der Waals surface area contributed by atoms with Crippen LogP contribution in [0.2, 0.25) is 0 Å². The van der Waals surface area contributed by atoms with E-state index < -0.39 is 35.9 Å². The molecule has 1 aromatic carbocycles. The molecule has 0 aliphatic carbocycles. The zero-order valence-corrected chi connectivity index (χ0v) is 13.0. The number of aliphatic hydroxyl groups is 4. The molecule has 134 valence electrons. The summed E-state index contributed by atoms with van der Waals surface area (Å²) in [7, 11) is 0. The highest BCUT2D eigenvalue weighted by molar-refractivity contribution is 5.45. The molecule has 1 aliphatic rings. The Morgan fingerprint density at radius 1 is 1.24 bits per heavy atom. The van der Waals surface area contributed by atoms with Crippen molar-refractivity contribution in [1.29, 1.82) is 0 Å². The van der Waals surface area contributed by atoms with Gasteiger partial charge in [-0.25, -0.2) is 4.98 Å². The number of para-hydroxylation sites is 2. The van der Waals surface area contributed by atoms with Crippen LogP contribution in [0.3, 0.4) is 0 Å². The lowest BCUT2D eigenvalue weighted by molar-refractivity contribution is -0.385. The number of nitro benzene ring substituents is 1. The molecule has 0 saturated heterocycles. The monoisotopic (exact) mass is 351 g/mol. The molecule has 1 aliphatic heterocycles. The van der Waals surface area contributed by atoms with Crippen molar-refractivity contribution in [3.8, 4) is 5.75 Å². The van der Waals surface area contributed by atoms with Crippen molar-refractivity contribution in [2.24, 2.45) is 0 Å². The average Bonchev–Trinajstić information content (AvgIpc) is 3.03. The molecule has 25 heavy (non-hydrogen) atoms. The van der Waals surface area contributed by atoms with Crippen molar-refractivity contribution < 1.29 is 30.1 Å². The highest BCUT2D eigenvalue weighted by Gasteiger charge is 2.41. The molecule has 2 heterocycles. The number of aliphatic hydroxyl groups excluding tert-OH is 4. The van der Waals surface area contributed by atoms with E-state index in [1.807, 2.05) is 0 Å². The number of fused-ring (bicyclic) bond motifs is 1. The summed E-state index contributed by atoms with van der Waals surface area (Å²) in [6.07, 6.45) is -2.79. The van der Waals surface area contributed by atoms with Gasteiger partial charge in [0.2, 0.25) is 0 Å². The van der Waals surface area contributed by atoms with E-state index in [2.05, 4.69) is 4.98 Å². The molecular formula is C15H17N3O7. The minimum Gasteiger partial charge on any atom is -0.480 e. The quantitative estimate of drug-likeness (QED) is 0.422. The minimum atomic E-state index is -1.48. The maximum Gasteiger partial charge on any atom is 0.310 e. The Labute approximate surface area is 141 Å². The summed E-state index contributed by atoms with van der Waals surface area (Å²) >= 11 is 0. The Hall–Kier alpha value is -2.53. The first-order chi connectivity index (χ1) is 11.9. The summed E-state index contributed by atoms with van der Waals surface area (Å²) in [5, 5.41) is 50.2. The van der Waals surface area contributed by atoms with Gasteiger partial charge in [-0.1, -0.05) is 12.1 Å². The maximum absolute atomic E-state index is 11.0. The van der Waals surface area contributed by atoms with Gasteiger partial charge >= 0.3 is 5.69 Å². The van der Waals surface area contributed by atoms with Crippen molar-refractivity contribution in [1.82, 2.24) is 9.55 Å². The maximum atomic E-state index is 11.0. The van der Waals surface area contributed by atoms with Crippen molar-refractivity contribution in [3.63, 3.8) is 0 Å². The van der Waals surface area contributed by atoms with Gasteiger partial charge in [-0.2, -0.15) is 0 Å². The third-order valence-electron chi connectivity index (χ3n) is 4.12. The molecule has 10 heteroatoms. The van der Waals surface area contributed by atoms with Crippen molar-refractivity contribution in [3.05, 3.63) is 52.1 Å². The molecular weight excluding hydrogens is 334 g/mol. The molecule has 0 spiro atoms. The van der Waals surface area contributed by atoms with Crippen LogP contribution in [0.15, 0.2) is 30.5 Å². The summed E-state index contributed by atoms with van der Waals surface area (Å²) in [5.41, 5.74) is 0.137. The van der Waals surface area contributed by atoms with Crippen molar-refractivity contribution in [2.75, 3.05) is 6.61 Å². The largest absolute Gasteiger partial charge is 0.480 e. The number of hydrogen-bond acceptors (Lipinski definition) is 8. The molecule has 1 aromatic heterocycles. The average molecular weight is 351 g/mol. The number of nitrogens with zero attached hydrogens (tertiary/aromatic N) is 3. The number of rotatable bonds is 5. The second kappa shape index (κ2) is 6.76. The summed E-state index contributed by atoms with van der Waals surface area (Å²) < 4.78 is 6.81. The standard InChI is InChI=1S/C15H17N3O7/c19-6-10-12(20)13(21)14(22)15-16-8(5-17(10)15)7-25-11-4-2-1-3-9(11)18(23)24/h1-5,10,12-14,19-22H,6-7H2/t10-,12-,13+,14+/m1/s1. The van der Waals surface area contributed by atoms with Crippen molar-refractivity contribution in [2.45, 2.75) is 31.0 Å². The molecule has 4 atom stereocenters. The number of hydrogen-bond donors (Lipinski definition) is 4. The van der Waals surface area contributed by atoms with Crippen LogP contribution in [0.4, 0.5) is 5.69 Å². The first-order valence-electron chi connectivity index (χ1n) is 7.53. The first-order valence-corrected chi connectivity index (χ1v) is 7.53. The fourth-order valence-electron chi connectivity index (χ4n) is 2.82. The fourth-order valence-corrected chi connectivity index (χ4v) is 2.82. The van der Waals surface area contributed by atoms with Crippen LogP contribution in [0.5, 0.6) is 5.75 Å². The highest BCUT2D eigenvalue weighted by Crippen LogP contribution is 2.33. The van der Waals surface area contributed by atoms with E-state index in [-0.39, 0.29) is 23.9 Å². The normalized spacial score (nSPS) is 25.4. The SMILES string of the molecule is O=[N+]([O-])c1ccccc1OCc1cn2c(n1)[C@@H](O)[C@@H](O)[C@H](O)[C@H]2CO. The second-order valence-corrected chi connectivity index (χ2v) is 5.69. The van der Waals surface area contributed by atoms with Crippen LogP contribution in [0.1, 0.15) is 23.7 Å². The van der Waals surface area contributed by atoms with Crippen LogP contribution < -0.4 is 4.74 Å². The Bertz CT molecular complexity index is 778. The lowest BCUT2D eigenvalue weighted by Crippen LogP contribution is -2.46. The number of imidazole rings is 1. The highest BCUT2D eigenvalue weighted by atomic mass is 16.6. The topological polar surface area (TPSA) is 151 Å². The van der Waals surface area contributed by atoms with Crippen LogP contribution in [-0.4, -0.2) is 53.7 Å². The van der Waals surface area contributed by atoms with Crippen LogP contribution in [0.25, 0.3) is 0 Å². The molecule has 0 unspecified atom stereocenters. The van der Waals surface area contributed by atoms with Crippen LogP contribution >= 0.6 is 0 Å². The smallest absolute Gasteiger partial charge is 0.310 e. The number of ether oxygens (including phenoxy) is 1. The third kappa shape index (κ3) is 3.07. The minimum absolute atomic E-state index is 0.0674. The van der Waals surface area contributed by atoms with E-state index in [0.717, 1.165) is 0 Å². The zero-order valence-electron chi connectivity index (χ0n) is 13.0. The molecule has 0 bridgehead atoms. The van der Waals surface area contributed by atoms with Gasteiger partial charge in [0.05, 0.1) is 23.3 Å². The van der Waals surface area contributed by atoms with E-state index in [1.54, 1.807) is 6.07 Å². The molecule has 4 N–H and O–H groups in total. The molecule has 0 fully saturated rings. The summed E-state index contributed by atoms with van der Waals surface area (Å²) in [5.74, 6) is 0.149. The predicted octanol–water partition coefficient (Wildman–Crippen LogP) is -0.328. The summed E-state index contributed by atoms with van der Waals surface area (Å²) in [6.45, 7) is -0.583. The van der Waals surface area contributed by atoms with Gasteiger partial charge in [0.1, 0.15) is 30.7 Å². The van der Waals surface area contributed by atoms with Crippen LogP contribution in [-0.2, 0) is 6.61 Å². The molecule has 0 amide bonds. The van der Waals surface area contributed by atoms with E-state index in [0.29, 0.717) is 5.69 Å². The van der Waals surface area contributed by atoms with Gasteiger partial charge in [0.15, 0.2) is 5.75 Å². The molecule has 2 aromatic rings. The van der Waals surface area contributed by atoms with Gasteiger partial charge in [-0.05, 0) is 6.07 Å². The van der Waals surface area contributed by atoms with Crippen molar-refractivity contribution >= 4 is 5.69 Å². The van der Waals surface area contributed by atoms with E-state index in [9.17, 15) is 30.5 Å². The third-order valence-corrected chi connectivity index (χ3v) is 4.12. The Kier molecular flexibility index (Phi) is 4.68. The van der Waals surface area contributed by atoms with Gasteiger partial charge in [-0.15, -0.1) is 0 Å². The zero-order chi connectivity index (χ0) is 18.1. The number of nitro groups is 1. The van der Waals surface area contributed by atoms with Gasteiger partial charge in [0, 0.05) is 12.3 Å². The number of benzene rings is 1. The Balaban J connectivity index is 1.84. The van der Waals surface area contributed by atoms with Crippen LogP contribution in [0, 0.1) is 10.1 Å². The predicted molar refractivity (Wildman–Crippen MR) is 82.8 cm³/mol. The van der Waals surface area contributed by atoms with Gasteiger partial charge in [-0.3, -0.25) is 10.1 Å².